The molecule has 29 heavy (non-hydrogen) atoms. The fourth-order valence-corrected chi connectivity index (χ4v) is 2.55. The Morgan fingerprint density at radius 1 is 0.966 bits per heavy atom. The van der Waals surface area contributed by atoms with E-state index in [1.165, 1.54) is 0 Å². The third-order valence-corrected chi connectivity index (χ3v) is 3.79. The van der Waals surface area contributed by atoms with Crippen molar-refractivity contribution in [3.63, 3.8) is 0 Å². The average Bonchev–Trinajstić information content (AvgIpc) is 2.57. The predicted molar refractivity (Wildman–Crippen MR) is 112 cm³/mol. The van der Waals surface area contributed by atoms with Crippen LogP contribution in [0.25, 0.3) is 0 Å². The molecule has 1 aromatic carbocycles. The monoisotopic (exact) mass is 408 g/mol. The Kier molecular flexibility index (Phi) is 9.43. The highest BCUT2D eigenvalue weighted by atomic mass is 16.6. The number of unbranched alkanes of at least 4 members (excludes halogenated alkanes) is 1. The molecule has 7 heteroatoms. The van der Waals surface area contributed by atoms with Crippen LogP contribution in [0.1, 0.15) is 65.5 Å². The lowest BCUT2D eigenvalue weighted by molar-refractivity contribution is 0.0226. The molecule has 0 heterocycles. The number of carbonyl (C=O) groups excluding carboxylic acids is 2. The molecule has 0 spiro atoms. The van der Waals surface area contributed by atoms with E-state index in [4.69, 9.17) is 14.6 Å². The molecule has 1 aromatic rings. The number of benzene rings is 1. The highest BCUT2D eigenvalue weighted by molar-refractivity contribution is 5.68. The normalized spacial score (nSPS) is 11.7. The van der Waals surface area contributed by atoms with Crippen LogP contribution in [0.3, 0.4) is 0 Å². The van der Waals surface area contributed by atoms with E-state index in [1.807, 2.05) is 65.8 Å². The van der Waals surface area contributed by atoms with Crippen molar-refractivity contribution in [3.8, 4) is 0 Å². The van der Waals surface area contributed by atoms with Crippen LogP contribution in [0.2, 0.25) is 0 Å². The Morgan fingerprint density at radius 3 is 2.10 bits per heavy atom. The molecule has 2 N–H and O–H groups in total. The summed E-state index contributed by atoms with van der Waals surface area (Å²) in [4.78, 5) is 26.2. The molecule has 0 aromatic heterocycles. The fraction of sp³-hybridized carbons (Fsp3) is 0.636. The summed E-state index contributed by atoms with van der Waals surface area (Å²) in [6, 6.07) is 7.62. The molecule has 0 radical (unpaired) electrons. The van der Waals surface area contributed by atoms with Gasteiger partial charge >= 0.3 is 12.2 Å². The molecule has 0 atom stereocenters. The topological polar surface area (TPSA) is 88.1 Å². The number of rotatable bonds is 8. The summed E-state index contributed by atoms with van der Waals surface area (Å²) in [5, 5.41) is 11.8. The van der Waals surface area contributed by atoms with E-state index in [0.717, 1.165) is 11.1 Å². The van der Waals surface area contributed by atoms with E-state index in [9.17, 15) is 9.59 Å². The Balaban J connectivity index is 2.87. The van der Waals surface area contributed by atoms with Gasteiger partial charge in [0.2, 0.25) is 0 Å². The van der Waals surface area contributed by atoms with Crippen LogP contribution in [-0.2, 0) is 22.6 Å². The number of aliphatic hydroxyl groups is 1. The van der Waals surface area contributed by atoms with Gasteiger partial charge in [-0.05, 0) is 65.5 Å². The van der Waals surface area contributed by atoms with Gasteiger partial charge in [0.1, 0.15) is 11.2 Å². The van der Waals surface area contributed by atoms with Crippen molar-refractivity contribution in [2.45, 2.75) is 78.7 Å². The van der Waals surface area contributed by atoms with Gasteiger partial charge in [0.25, 0.3) is 0 Å². The maximum Gasteiger partial charge on any atom is 0.410 e. The predicted octanol–water partition coefficient (Wildman–Crippen LogP) is 4.22. The Hall–Kier alpha value is -2.28. The molecular weight excluding hydrogens is 372 g/mol. The van der Waals surface area contributed by atoms with Crippen molar-refractivity contribution in [1.82, 2.24) is 10.2 Å². The number of hydrogen-bond acceptors (Lipinski definition) is 5. The first-order chi connectivity index (χ1) is 13.4. The van der Waals surface area contributed by atoms with Crippen LogP contribution in [0, 0.1) is 0 Å². The SMILES string of the molecule is CC(C)(C)OC(=O)NCc1ccccc1CN(CCCCO)C(=O)OC(C)(C)C. The molecule has 1 rings (SSSR count). The first kappa shape index (κ1) is 24.8. The Morgan fingerprint density at radius 2 is 1.55 bits per heavy atom. The van der Waals surface area contributed by atoms with Crippen LogP contribution >= 0.6 is 0 Å². The zero-order chi connectivity index (χ0) is 22.1. The third kappa shape index (κ3) is 10.7. The van der Waals surface area contributed by atoms with Crippen molar-refractivity contribution in [1.29, 1.82) is 0 Å². The van der Waals surface area contributed by atoms with E-state index < -0.39 is 23.4 Å². The molecule has 0 aliphatic rings. The van der Waals surface area contributed by atoms with Crippen LogP contribution < -0.4 is 5.32 Å². The number of aliphatic hydroxyl groups excluding tert-OH is 1. The fourth-order valence-electron chi connectivity index (χ4n) is 2.55. The number of amides is 2. The Bertz CT molecular complexity index is 662. The van der Waals surface area contributed by atoms with E-state index in [2.05, 4.69) is 5.32 Å². The van der Waals surface area contributed by atoms with Crippen molar-refractivity contribution >= 4 is 12.2 Å². The molecular formula is C22H36N2O5. The van der Waals surface area contributed by atoms with Gasteiger partial charge in [0.15, 0.2) is 0 Å². The number of alkyl carbamates (subject to hydrolysis) is 1. The summed E-state index contributed by atoms with van der Waals surface area (Å²) in [6.45, 7) is 12.1. The maximum atomic E-state index is 12.6. The largest absolute Gasteiger partial charge is 0.444 e. The molecule has 0 unspecified atom stereocenters. The minimum Gasteiger partial charge on any atom is -0.444 e. The van der Waals surface area contributed by atoms with Gasteiger partial charge in [0, 0.05) is 26.2 Å². The van der Waals surface area contributed by atoms with Gasteiger partial charge in [-0.15, -0.1) is 0 Å². The zero-order valence-corrected chi connectivity index (χ0v) is 18.6. The highest BCUT2D eigenvalue weighted by Crippen LogP contribution is 2.17. The van der Waals surface area contributed by atoms with Gasteiger partial charge in [-0.25, -0.2) is 9.59 Å². The summed E-state index contributed by atoms with van der Waals surface area (Å²) < 4.78 is 10.8. The molecule has 0 bridgehead atoms. The summed E-state index contributed by atoms with van der Waals surface area (Å²) in [5.41, 5.74) is 0.654. The summed E-state index contributed by atoms with van der Waals surface area (Å²) in [7, 11) is 0. The average molecular weight is 409 g/mol. The lowest BCUT2D eigenvalue weighted by Crippen LogP contribution is -2.37. The first-order valence-electron chi connectivity index (χ1n) is 10.0. The lowest BCUT2D eigenvalue weighted by atomic mass is 10.1. The highest BCUT2D eigenvalue weighted by Gasteiger charge is 2.23. The molecule has 0 saturated heterocycles. The molecule has 0 aliphatic carbocycles. The molecule has 0 aliphatic heterocycles. The lowest BCUT2D eigenvalue weighted by Gasteiger charge is -2.28. The number of nitrogens with zero attached hydrogens (tertiary/aromatic N) is 1. The van der Waals surface area contributed by atoms with Crippen LogP contribution in [-0.4, -0.2) is 46.5 Å². The van der Waals surface area contributed by atoms with Gasteiger partial charge in [0.05, 0.1) is 0 Å². The number of hydrogen-bond donors (Lipinski definition) is 2. The van der Waals surface area contributed by atoms with Gasteiger partial charge in [-0.1, -0.05) is 24.3 Å². The quantitative estimate of drug-likeness (QED) is 0.629. The van der Waals surface area contributed by atoms with E-state index in [1.54, 1.807) is 4.90 Å². The second-order valence-corrected chi connectivity index (χ2v) is 8.96. The Labute approximate surface area is 174 Å². The second kappa shape index (κ2) is 11.0. The molecule has 164 valence electrons. The molecule has 0 saturated carbocycles. The maximum absolute atomic E-state index is 12.6. The van der Waals surface area contributed by atoms with Gasteiger partial charge in [-0.3, -0.25) is 0 Å². The van der Waals surface area contributed by atoms with Gasteiger partial charge in [-0.2, -0.15) is 0 Å². The summed E-state index contributed by atoms with van der Waals surface area (Å²) >= 11 is 0. The van der Waals surface area contributed by atoms with Crippen molar-refractivity contribution in [2.75, 3.05) is 13.2 Å². The van der Waals surface area contributed by atoms with Crippen molar-refractivity contribution in [2.24, 2.45) is 0 Å². The zero-order valence-electron chi connectivity index (χ0n) is 18.6. The van der Waals surface area contributed by atoms with E-state index in [-0.39, 0.29) is 6.61 Å². The van der Waals surface area contributed by atoms with Crippen LogP contribution in [0.4, 0.5) is 9.59 Å². The van der Waals surface area contributed by atoms with Crippen molar-refractivity contribution < 1.29 is 24.2 Å². The summed E-state index contributed by atoms with van der Waals surface area (Å²) in [6.07, 6.45) is 0.402. The summed E-state index contributed by atoms with van der Waals surface area (Å²) in [5.74, 6) is 0. The van der Waals surface area contributed by atoms with E-state index in [0.29, 0.717) is 32.5 Å². The number of carbonyl (C=O) groups is 2. The standard InChI is InChI=1S/C22H36N2O5/c1-21(2,3)28-19(26)23-15-17-11-7-8-12-18(17)16-24(13-9-10-14-25)20(27)29-22(4,5)6/h7-8,11-12,25H,9-10,13-16H2,1-6H3,(H,23,26). The molecule has 0 fully saturated rings. The van der Waals surface area contributed by atoms with Crippen molar-refractivity contribution in [3.05, 3.63) is 35.4 Å². The second-order valence-electron chi connectivity index (χ2n) is 8.96. The third-order valence-electron chi connectivity index (χ3n) is 3.79. The minimum atomic E-state index is -0.593. The number of nitrogens with one attached hydrogen (secondary N) is 1. The first-order valence-corrected chi connectivity index (χ1v) is 10.0. The minimum absolute atomic E-state index is 0.0819. The van der Waals surface area contributed by atoms with Gasteiger partial charge < -0.3 is 24.8 Å². The smallest absolute Gasteiger partial charge is 0.410 e. The van der Waals surface area contributed by atoms with Crippen LogP contribution in [0.15, 0.2) is 24.3 Å². The van der Waals surface area contributed by atoms with Crippen LogP contribution in [0.5, 0.6) is 0 Å². The number of ether oxygens (including phenoxy) is 2. The molecule has 2 amide bonds. The molecule has 7 nitrogen and oxygen atoms in total. The van der Waals surface area contributed by atoms with E-state index >= 15 is 0 Å².